The molecule has 6 heteroatoms. The maximum Gasteiger partial charge on any atom is 0.215 e. The Bertz CT molecular complexity index is 1100. The summed E-state index contributed by atoms with van der Waals surface area (Å²) >= 11 is 0. The topological polar surface area (TPSA) is 76.7 Å². The molecular weight excluding hydrogens is 324 g/mol. The number of H-pyrrole nitrogens is 1. The zero-order chi connectivity index (χ0) is 16.0. The van der Waals surface area contributed by atoms with Gasteiger partial charge in [-0.3, -0.25) is 9.48 Å². The molecule has 0 aliphatic carbocycles. The number of nitrogens with one attached hydrogen (secondary N) is 1. The van der Waals surface area contributed by atoms with E-state index in [-0.39, 0.29) is 17.8 Å². The molecule has 2 aromatic carbocycles. The highest BCUT2D eigenvalue weighted by atomic mass is 35.5. The van der Waals surface area contributed by atoms with Gasteiger partial charge < -0.3 is 10.7 Å². The van der Waals surface area contributed by atoms with Gasteiger partial charge in [-0.1, -0.05) is 24.3 Å². The predicted molar refractivity (Wildman–Crippen MR) is 99.7 cm³/mol. The predicted octanol–water partition coefficient (Wildman–Crippen LogP) is 3.01. The molecule has 0 saturated heterocycles. The molecular formula is C18H17ClN4O. The van der Waals surface area contributed by atoms with E-state index in [1.807, 2.05) is 42.5 Å². The van der Waals surface area contributed by atoms with Gasteiger partial charge in [0.25, 0.3) is 0 Å². The number of hydrogen-bond donors (Lipinski definition) is 2. The van der Waals surface area contributed by atoms with Crippen LogP contribution in [0.5, 0.6) is 0 Å². The molecule has 4 aromatic rings. The molecule has 0 bridgehead atoms. The van der Waals surface area contributed by atoms with Crippen molar-refractivity contribution in [1.29, 1.82) is 0 Å². The van der Waals surface area contributed by atoms with Crippen LogP contribution in [-0.4, -0.2) is 14.8 Å². The maximum absolute atomic E-state index is 12.7. The second-order valence-corrected chi connectivity index (χ2v) is 5.74. The monoisotopic (exact) mass is 340 g/mol. The fraction of sp³-hybridized carbons (Fsp3) is 0.111. The van der Waals surface area contributed by atoms with Crippen molar-refractivity contribution in [3.05, 3.63) is 70.0 Å². The molecule has 0 amide bonds. The molecule has 0 fully saturated rings. The molecule has 0 saturated carbocycles. The van der Waals surface area contributed by atoms with Crippen LogP contribution in [-0.2, 0) is 13.5 Å². The summed E-state index contributed by atoms with van der Waals surface area (Å²) in [7, 11) is 1.78. The van der Waals surface area contributed by atoms with E-state index in [1.165, 1.54) is 0 Å². The van der Waals surface area contributed by atoms with Gasteiger partial charge in [-0.15, -0.1) is 12.4 Å². The van der Waals surface area contributed by atoms with Crippen molar-refractivity contribution in [3.8, 4) is 0 Å². The Morgan fingerprint density at radius 2 is 1.96 bits per heavy atom. The highest BCUT2D eigenvalue weighted by Crippen LogP contribution is 2.20. The van der Waals surface area contributed by atoms with Gasteiger partial charge in [-0.25, -0.2) is 0 Å². The Balaban J connectivity index is 0.00000169. The first kappa shape index (κ1) is 16.1. The minimum absolute atomic E-state index is 0. The van der Waals surface area contributed by atoms with Crippen LogP contribution in [0.15, 0.2) is 53.5 Å². The number of halogens is 1. The van der Waals surface area contributed by atoms with Crippen LogP contribution in [0.1, 0.15) is 11.1 Å². The second kappa shape index (κ2) is 6.02. The van der Waals surface area contributed by atoms with Gasteiger partial charge >= 0.3 is 0 Å². The van der Waals surface area contributed by atoms with E-state index in [9.17, 15) is 4.79 Å². The fourth-order valence-corrected chi connectivity index (χ4v) is 2.98. The Hall–Kier alpha value is -2.79. The number of para-hydroxylation sites is 1. The first-order chi connectivity index (χ1) is 11.1. The molecule has 122 valence electrons. The molecule has 24 heavy (non-hydrogen) atoms. The van der Waals surface area contributed by atoms with E-state index in [0.717, 1.165) is 27.8 Å². The summed E-state index contributed by atoms with van der Waals surface area (Å²) in [6.45, 7) is 0. The zero-order valence-corrected chi connectivity index (χ0v) is 13.9. The first-order valence-electron chi connectivity index (χ1n) is 7.43. The molecule has 0 spiro atoms. The quantitative estimate of drug-likeness (QED) is 0.551. The molecule has 2 aromatic heterocycles. The van der Waals surface area contributed by atoms with E-state index in [2.05, 4.69) is 10.1 Å². The molecule has 2 heterocycles. The zero-order valence-electron chi connectivity index (χ0n) is 13.1. The number of hydrogen-bond acceptors (Lipinski definition) is 3. The summed E-state index contributed by atoms with van der Waals surface area (Å²) in [6.07, 6.45) is 2.38. The molecule has 0 atom stereocenters. The van der Waals surface area contributed by atoms with Crippen LogP contribution < -0.4 is 11.2 Å². The largest absolute Gasteiger partial charge is 0.398 e. The van der Waals surface area contributed by atoms with Crippen molar-refractivity contribution < 1.29 is 0 Å². The molecule has 0 aliphatic rings. The number of aryl methyl sites for hydroxylation is 1. The summed E-state index contributed by atoms with van der Waals surface area (Å²) in [4.78, 5) is 16.0. The van der Waals surface area contributed by atoms with Crippen molar-refractivity contribution in [2.24, 2.45) is 7.05 Å². The van der Waals surface area contributed by atoms with Crippen LogP contribution in [0.4, 0.5) is 5.69 Å². The van der Waals surface area contributed by atoms with Crippen molar-refractivity contribution in [2.75, 3.05) is 5.73 Å². The Kier molecular flexibility index (Phi) is 4.03. The lowest BCUT2D eigenvalue weighted by Crippen LogP contribution is -2.08. The van der Waals surface area contributed by atoms with Crippen molar-refractivity contribution in [3.63, 3.8) is 0 Å². The summed E-state index contributed by atoms with van der Waals surface area (Å²) in [5, 5.41) is 4.82. The number of aromatic amines is 1. The summed E-state index contributed by atoms with van der Waals surface area (Å²) in [6, 6.07) is 13.7. The number of aromatic nitrogens is 3. The first-order valence-corrected chi connectivity index (χ1v) is 7.43. The Morgan fingerprint density at radius 3 is 2.75 bits per heavy atom. The number of nitrogen functional groups attached to an aromatic ring is 1. The smallest absolute Gasteiger partial charge is 0.215 e. The van der Waals surface area contributed by atoms with Gasteiger partial charge in [0.1, 0.15) is 5.52 Å². The van der Waals surface area contributed by atoms with Gasteiger partial charge in [0.05, 0.1) is 11.7 Å². The number of nitrogens with zero attached hydrogens (tertiary/aromatic N) is 2. The highest BCUT2D eigenvalue weighted by molar-refractivity contribution is 5.90. The lowest BCUT2D eigenvalue weighted by Gasteiger charge is -2.07. The number of benzene rings is 2. The highest BCUT2D eigenvalue weighted by Gasteiger charge is 2.10. The Morgan fingerprint density at radius 1 is 1.17 bits per heavy atom. The van der Waals surface area contributed by atoms with Gasteiger partial charge in [0, 0.05) is 23.6 Å². The van der Waals surface area contributed by atoms with Crippen molar-refractivity contribution in [1.82, 2.24) is 14.8 Å². The van der Waals surface area contributed by atoms with Gasteiger partial charge in [0.15, 0.2) is 0 Å². The van der Waals surface area contributed by atoms with Crippen LogP contribution in [0, 0.1) is 0 Å². The van der Waals surface area contributed by atoms with E-state index in [1.54, 1.807) is 17.9 Å². The van der Waals surface area contributed by atoms with Crippen LogP contribution in [0.3, 0.4) is 0 Å². The molecule has 0 radical (unpaired) electrons. The second-order valence-electron chi connectivity index (χ2n) is 5.74. The third-order valence-electron chi connectivity index (χ3n) is 4.20. The van der Waals surface area contributed by atoms with E-state index >= 15 is 0 Å². The Labute approximate surface area is 144 Å². The maximum atomic E-state index is 12.7. The SMILES string of the molecule is Cl.Cn1ncc2[nH]c3ccc(Cc4ccccc4N)cc3c(=O)c21. The van der Waals surface area contributed by atoms with Crippen LogP contribution >= 0.6 is 12.4 Å². The van der Waals surface area contributed by atoms with Crippen molar-refractivity contribution in [2.45, 2.75) is 6.42 Å². The third kappa shape index (κ3) is 2.53. The summed E-state index contributed by atoms with van der Waals surface area (Å²) in [5.41, 5.74) is 11.1. The third-order valence-corrected chi connectivity index (χ3v) is 4.20. The van der Waals surface area contributed by atoms with Gasteiger partial charge in [0.2, 0.25) is 5.43 Å². The molecule has 4 rings (SSSR count). The lowest BCUT2D eigenvalue weighted by atomic mass is 10.0. The molecule has 0 unspecified atom stereocenters. The number of rotatable bonds is 2. The lowest BCUT2D eigenvalue weighted by molar-refractivity contribution is 0.795. The van der Waals surface area contributed by atoms with Gasteiger partial charge in [-0.05, 0) is 35.7 Å². The number of fused-ring (bicyclic) bond motifs is 2. The van der Waals surface area contributed by atoms with E-state index in [0.29, 0.717) is 17.3 Å². The average Bonchev–Trinajstić information content (AvgIpc) is 2.92. The summed E-state index contributed by atoms with van der Waals surface area (Å²) < 4.78 is 1.61. The normalized spacial score (nSPS) is 10.9. The number of anilines is 1. The van der Waals surface area contributed by atoms with Crippen molar-refractivity contribution >= 4 is 40.0 Å². The minimum Gasteiger partial charge on any atom is -0.398 e. The van der Waals surface area contributed by atoms with E-state index < -0.39 is 0 Å². The molecule has 5 nitrogen and oxygen atoms in total. The molecule has 0 aliphatic heterocycles. The van der Waals surface area contributed by atoms with Crippen LogP contribution in [0.2, 0.25) is 0 Å². The molecule has 3 N–H and O–H groups in total. The van der Waals surface area contributed by atoms with Gasteiger partial charge in [-0.2, -0.15) is 5.10 Å². The number of nitrogens with two attached hydrogens (primary N) is 1. The fourth-order valence-electron chi connectivity index (χ4n) is 2.98. The summed E-state index contributed by atoms with van der Waals surface area (Å²) in [5.74, 6) is 0. The average molecular weight is 341 g/mol. The minimum atomic E-state index is -0.00312. The van der Waals surface area contributed by atoms with Crippen LogP contribution in [0.25, 0.3) is 21.9 Å². The number of pyridine rings is 1. The standard InChI is InChI=1S/C18H16N4O.ClH/c1-22-17-16(10-20-22)21-15-7-6-11(9-13(15)18(17)23)8-12-4-2-3-5-14(12)19;/h2-7,9-10H,8,19H2,1H3,(H,21,23);1H. The van der Waals surface area contributed by atoms with E-state index in [4.69, 9.17) is 5.73 Å².